The highest BCUT2D eigenvalue weighted by Crippen LogP contribution is 2.25. The van der Waals surface area contributed by atoms with Crippen molar-refractivity contribution in [3.05, 3.63) is 95.1 Å². The van der Waals surface area contributed by atoms with Crippen LogP contribution in [0.5, 0.6) is 5.75 Å². The van der Waals surface area contributed by atoms with Gasteiger partial charge >= 0.3 is 0 Å². The Kier molecular flexibility index (Phi) is 5.30. The van der Waals surface area contributed by atoms with Crippen molar-refractivity contribution in [3.63, 3.8) is 0 Å². The van der Waals surface area contributed by atoms with E-state index in [-0.39, 0.29) is 29.9 Å². The lowest BCUT2D eigenvalue weighted by molar-refractivity contribution is -0.118. The molecule has 0 bridgehead atoms. The number of hydrogen-bond donors (Lipinski definition) is 1. The van der Waals surface area contributed by atoms with Crippen LogP contribution in [-0.2, 0) is 11.2 Å². The maximum absolute atomic E-state index is 12.4. The number of ether oxygens (including phenoxy) is 1. The summed E-state index contributed by atoms with van der Waals surface area (Å²) in [6.45, 7) is -0.171. The lowest BCUT2D eigenvalue weighted by atomic mass is 10.0. The van der Waals surface area contributed by atoms with Crippen molar-refractivity contribution in [3.8, 4) is 5.75 Å². The molecule has 1 aliphatic rings. The molecule has 0 unspecified atom stereocenters. The largest absolute Gasteiger partial charge is 0.483 e. The van der Waals surface area contributed by atoms with Gasteiger partial charge < -0.3 is 10.1 Å². The Morgan fingerprint density at radius 3 is 2.40 bits per heavy atom. The number of para-hydroxylation sites is 1. The number of nitrogens with one attached hydrogen (secondary N) is 1. The fourth-order valence-corrected chi connectivity index (χ4v) is 3.39. The summed E-state index contributed by atoms with van der Waals surface area (Å²) < 4.78 is 5.75. The molecule has 0 saturated heterocycles. The molecule has 0 saturated carbocycles. The van der Waals surface area contributed by atoms with Crippen molar-refractivity contribution in [1.82, 2.24) is 4.90 Å². The Hall–Kier alpha value is -3.93. The fourth-order valence-electron chi connectivity index (χ4n) is 3.39. The second-order valence-electron chi connectivity index (χ2n) is 7.04. The van der Waals surface area contributed by atoms with Crippen LogP contribution in [0.25, 0.3) is 0 Å². The summed E-state index contributed by atoms with van der Waals surface area (Å²) in [5.41, 5.74) is 3.21. The monoisotopic (exact) mass is 400 g/mol. The lowest BCUT2D eigenvalue weighted by Crippen LogP contribution is -2.24. The molecule has 3 aromatic rings. The third kappa shape index (κ3) is 3.93. The third-order valence-corrected chi connectivity index (χ3v) is 4.94. The number of rotatable bonds is 6. The topological polar surface area (TPSA) is 75.7 Å². The van der Waals surface area contributed by atoms with E-state index in [0.717, 1.165) is 16.0 Å². The predicted molar refractivity (Wildman–Crippen MR) is 113 cm³/mol. The molecule has 1 N–H and O–H groups in total. The fraction of sp³-hybridized carbons (Fsp3) is 0.125. The van der Waals surface area contributed by atoms with Crippen LogP contribution in [0.3, 0.4) is 0 Å². The summed E-state index contributed by atoms with van der Waals surface area (Å²) in [7, 11) is 1.43. The number of hydrogen-bond acceptors (Lipinski definition) is 4. The second-order valence-corrected chi connectivity index (χ2v) is 7.04. The zero-order valence-corrected chi connectivity index (χ0v) is 16.4. The van der Waals surface area contributed by atoms with Gasteiger partial charge in [0.05, 0.1) is 11.1 Å². The van der Waals surface area contributed by atoms with Gasteiger partial charge in [-0.05, 0) is 35.4 Å². The lowest BCUT2D eigenvalue weighted by Gasteiger charge is -2.12. The summed E-state index contributed by atoms with van der Waals surface area (Å²) in [5, 5.41) is 2.72. The van der Waals surface area contributed by atoms with Gasteiger partial charge in [0.15, 0.2) is 6.61 Å². The van der Waals surface area contributed by atoms with Crippen molar-refractivity contribution in [2.24, 2.45) is 0 Å². The van der Waals surface area contributed by atoms with Gasteiger partial charge in [0.2, 0.25) is 0 Å². The highest BCUT2D eigenvalue weighted by molar-refractivity contribution is 6.21. The molecule has 150 valence electrons. The summed E-state index contributed by atoms with van der Waals surface area (Å²) in [4.78, 5) is 37.5. The van der Waals surface area contributed by atoms with E-state index < -0.39 is 0 Å². The van der Waals surface area contributed by atoms with Crippen molar-refractivity contribution in [1.29, 1.82) is 0 Å². The molecule has 1 aliphatic heterocycles. The molecule has 3 aromatic carbocycles. The first kappa shape index (κ1) is 19.4. The maximum atomic E-state index is 12.4. The minimum absolute atomic E-state index is 0.171. The molecule has 0 aromatic heterocycles. The SMILES string of the molecule is CN1C(=O)c2ccc(NC(=O)COc3ccccc3Cc3ccccc3)cc2C1=O. The molecule has 4 rings (SSSR count). The van der Waals surface area contributed by atoms with E-state index >= 15 is 0 Å². The molecule has 0 spiro atoms. The highest BCUT2D eigenvalue weighted by Gasteiger charge is 2.32. The van der Waals surface area contributed by atoms with Crippen molar-refractivity contribution in [2.75, 3.05) is 19.0 Å². The van der Waals surface area contributed by atoms with Crippen LogP contribution in [0, 0.1) is 0 Å². The highest BCUT2D eigenvalue weighted by atomic mass is 16.5. The van der Waals surface area contributed by atoms with Gasteiger partial charge in [0.1, 0.15) is 5.75 Å². The van der Waals surface area contributed by atoms with E-state index in [1.807, 2.05) is 54.6 Å². The number of anilines is 1. The normalized spacial score (nSPS) is 12.6. The number of nitrogens with zero attached hydrogens (tertiary/aromatic N) is 1. The Morgan fingerprint density at radius 1 is 0.900 bits per heavy atom. The van der Waals surface area contributed by atoms with Crippen LogP contribution < -0.4 is 10.1 Å². The van der Waals surface area contributed by atoms with Gasteiger partial charge in [-0.3, -0.25) is 19.3 Å². The van der Waals surface area contributed by atoms with E-state index in [2.05, 4.69) is 5.32 Å². The average molecular weight is 400 g/mol. The van der Waals surface area contributed by atoms with Crippen LogP contribution in [0.15, 0.2) is 72.8 Å². The van der Waals surface area contributed by atoms with Gasteiger partial charge in [-0.2, -0.15) is 0 Å². The predicted octanol–water partition coefficient (Wildman–Crippen LogP) is 3.52. The first-order chi connectivity index (χ1) is 14.5. The number of benzene rings is 3. The molecule has 30 heavy (non-hydrogen) atoms. The molecule has 3 amide bonds. The number of carbonyl (C=O) groups excluding carboxylic acids is 3. The molecule has 1 heterocycles. The minimum atomic E-state index is -0.378. The maximum Gasteiger partial charge on any atom is 0.262 e. The van der Waals surface area contributed by atoms with Gasteiger partial charge in [0.25, 0.3) is 17.7 Å². The van der Waals surface area contributed by atoms with Crippen molar-refractivity contribution < 1.29 is 19.1 Å². The first-order valence-electron chi connectivity index (χ1n) is 9.54. The van der Waals surface area contributed by atoms with Gasteiger partial charge in [-0.25, -0.2) is 0 Å². The molecule has 6 nitrogen and oxygen atoms in total. The van der Waals surface area contributed by atoms with E-state index in [1.165, 1.54) is 13.1 Å². The Bertz CT molecular complexity index is 1130. The average Bonchev–Trinajstić information content (AvgIpc) is 2.97. The van der Waals surface area contributed by atoms with Crippen LogP contribution in [-0.4, -0.2) is 36.3 Å². The van der Waals surface area contributed by atoms with E-state index in [9.17, 15) is 14.4 Å². The minimum Gasteiger partial charge on any atom is -0.483 e. The third-order valence-electron chi connectivity index (χ3n) is 4.94. The standard InChI is InChI=1S/C24H20N2O4/c1-26-23(28)19-12-11-18(14-20(19)24(26)29)25-22(27)15-30-21-10-6-5-9-17(21)13-16-7-3-2-4-8-16/h2-12,14H,13,15H2,1H3,(H,25,27). The molecule has 0 aliphatic carbocycles. The van der Waals surface area contributed by atoms with E-state index in [4.69, 9.17) is 4.74 Å². The number of fused-ring (bicyclic) bond motifs is 1. The molecule has 0 radical (unpaired) electrons. The van der Waals surface area contributed by atoms with E-state index in [0.29, 0.717) is 23.4 Å². The molecule has 0 fully saturated rings. The van der Waals surface area contributed by atoms with Crippen LogP contribution in [0.1, 0.15) is 31.8 Å². The van der Waals surface area contributed by atoms with Crippen molar-refractivity contribution in [2.45, 2.75) is 6.42 Å². The molecule has 6 heteroatoms. The van der Waals surface area contributed by atoms with Crippen LogP contribution in [0.2, 0.25) is 0 Å². The number of amides is 3. The van der Waals surface area contributed by atoms with Gasteiger partial charge in [0, 0.05) is 19.2 Å². The molecular weight excluding hydrogens is 380 g/mol. The quantitative estimate of drug-likeness (QED) is 0.643. The summed E-state index contributed by atoms with van der Waals surface area (Å²) in [5.74, 6) is -0.425. The smallest absolute Gasteiger partial charge is 0.262 e. The van der Waals surface area contributed by atoms with Crippen molar-refractivity contribution >= 4 is 23.4 Å². The van der Waals surface area contributed by atoms with Gasteiger partial charge in [-0.15, -0.1) is 0 Å². The Balaban J connectivity index is 1.41. The summed E-state index contributed by atoms with van der Waals surface area (Å²) in [6.07, 6.45) is 0.702. The van der Waals surface area contributed by atoms with Crippen LogP contribution in [0.4, 0.5) is 5.69 Å². The molecular formula is C24H20N2O4. The Labute approximate surface area is 174 Å². The first-order valence-corrected chi connectivity index (χ1v) is 9.54. The summed E-state index contributed by atoms with van der Waals surface area (Å²) in [6, 6.07) is 22.3. The second kappa shape index (κ2) is 8.21. The Morgan fingerprint density at radius 2 is 1.60 bits per heavy atom. The number of carbonyl (C=O) groups is 3. The van der Waals surface area contributed by atoms with Crippen LogP contribution >= 0.6 is 0 Å². The molecule has 0 atom stereocenters. The number of imide groups is 1. The zero-order valence-electron chi connectivity index (χ0n) is 16.4. The van der Waals surface area contributed by atoms with E-state index in [1.54, 1.807) is 12.1 Å². The van der Waals surface area contributed by atoms with Gasteiger partial charge in [-0.1, -0.05) is 48.5 Å². The zero-order chi connectivity index (χ0) is 21.1. The summed E-state index contributed by atoms with van der Waals surface area (Å²) >= 11 is 0.